The van der Waals surface area contributed by atoms with Crippen molar-refractivity contribution in [3.8, 4) is 23.7 Å². The van der Waals surface area contributed by atoms with Crippen molar-refractivity contribution in [2.24, 2.45) is 0 Å². The molecular weight excluding hydrogens is 210 g/mol. The number of ether oxygens (including phenoxy) is 1. The minimum atomic E-state index is 0.507. The number of benzene rings is 1. The SMILES string of the molecule is COc1ccc(C#N)cc1C#CCCCl. The molecule has 0 saturated carbocycles. The van der Waals surface area contributed by atoms with E-state index in [1.54, 1.807) is 25.3 Å². The fraction of sp³-hybridized carbons (Fsp3) is 0.250. The van der Waals surface area contributed by atoms with Crippen molar-refractivity contribution in [1.29, 1.82) is 5.26 Å². The molecule has 0 N–H and O–H groups in total. The summed E-state index contributed by atoms with van der Waals surface area (Å²) in [5.41, 5.74) is 1.30. The Morgan fingerprint density at radius 3 is 2.87 bits per heavy atom. The van der Waals surface area contributed by atoms with Crippen molar-refractivity contribution in [3.05, 3.63) is 29.3 Å². The Balaban J connectivity index is 3.04. The summed E-state index contributed by atoms with van der Waals surface area (Å²) in [7, 11) is 1.58. The van der Waals surface area contributed by atoms with Crippen LogP contribution in [0, 0.1) is 23.2 Å². The maximum absolute atomic E-state index is 8.74. The van der Waals surface area contributed by atoms with Crippen LogP contribution in [0.15, 0.2) is 18.2 Å². The van der Waals surface area contributed by atoms with Crippen LogP contribution < -0.4 is 4.74 Å². The predicted octanol–water partition coefficient (Wildman–Crippen LogP) is 2.55. The van der Waals surface area contributed by atoms with E-state index in [0.717, 1.165) is 5.56 Å². The molecule has 0 aliphatic rings. The molecule has 15 heavy (non-hydrogen) atoms. The highest BCUT2D eigenvalue weighted by Gasteiger charge is 2.00. The topological polar surface area (TPSA) is 33.0 Å². The first-order valence-corrected chi connectivity index (χ1v) is 4.98. The van der Waals surface area contributed by atoms with Crippen molar-refractivity contribution in [3.63, 3.8) is 0 Å². The first kappa shape index (κ1) is 11.4. The van der Waals surface area contributed by atoms with Gasteiger partial charge in [-0.1, -0.05) is 11.8 Å². The number of nitrogens with zero attached hydrogens (tertiary/aromatic N) is 1. The molecule has 0 aliphatic carbocycles. The fourth-order valence-electron chi connectivity index (χ4n) is 1.08. The standard InChI is InChI=1S/C12H10ClNO/c1-15-12-6-5-10(9-14)8-11(12)4-2-3-7-13/h5-6,8H,3,7H2,1H3. The van der Waals surface area contributed by atoms with Crippen LogP contribution in [0.4, 0.5) is 0 Å². The molecule has 0 aromatic heterocycles. The molecule has 1 rings (SSSR count). The second-order valence-corrected chi connectivity index (χ2v) is 3.15. The lowest BCUT2D eigenvalue weighted by Crippen LogP contribution is -1.88. The molecule has 3 heteroatoms. The third kappa shape index (κ3) is 3.20. The molecule has 0 spiro atoms. The van der Waals surface area contributed by atoms with Gasteiger partial charge in [0, 0.05) is 12.3 Å². The van der Waals surface area contributed by atoms with Gasteiger partial charge in [0.15, 0.2) is 0 Å². The number of hydrogen-bond donors (Lipinski definition) is 0. The molecule has 0 fully saturated rings. The lowest BCUT2D eigenvalue weighted by molar-refractivity contribution is 0.413. The van der Waals surface area contributed by atoms with E-state index in [9.17, 15) is 0 Å². The van der Waals surface area contributed by atoms with Crippen LogP contribution in [0.5, 0.6) is 5.75 Å². The first-order chi connectivity index (χ1) is 7.31. The van der Waals surface area contributed by atoms with Crippen LogP contribution in [0.3, 0.4) is 0 Å². The molecule has 0 bridgehead atoms. The smallest absolute Gasteiger partial charge is 0.134 e. The largest absolute Gasteiger partial charge is 0.495 e. The highest BCUT2D eigenvalue weighted by atomic mass is 35.5. The van der Waals surface area contributed by atoms with E-state index in [1.807, 2.05) is 0 Å². The molecule has 76 valence electrons. The van der Waals surface area contributed by atoms with E-state index < -0.39 is 0 Å². The summed E-state index contributed by atoms with van der Waals surface area (Å²) in [6.07, 6.45) is 0.626. The number of hydrogen-bond acceptors (Lipinski definition) is 2. The van der Waals surface area contributed by atoms with Gasteiger partial charge in [-0.2, -0.15) is 5.26 Å². The zero-order valence-electron chi connectivity index (χ0n) is 8.38. The van der Waals surface area contributed by atoms with E-state index in [-0.39, 0.29) is 0 Å². The molecule has 0 heterocycles. The zero-order chi connectivity index (χ0) is 11.1. The van der Waals surface area contributed by atoms with Gasteiger partial charge in [0.05, 0.1) is 24.3 Å². The van der Waals surface area contributed by atoms with Crippen molar-refractivity contribution >= 4 is 11.6 Å². The van der Waals surface area contributed by atoms with Crippen molar-refractivity contribution in [2.75, 3.05) is 13.0 Å². The first-order valence-electron chi connectivity index (χ1n) is 4.44. The number of methoxy groups -OCH3 is 1. The molecule has 0 radical (unpaired) electrons. The van der Waals surface area contributed by atoms with Crippen LogP contribution >= 0.6 is 11.6 Å². The summed E-state index contributed by atoms with van der Waals surface area (Å²) in [5, 5.41) is 8.74. The normalized spacial score (nSPS) is 8.60. The molecule has 0 saturated heterocycles. The van der Waals surface area contributed by atoms with Crippen molar-refractivity contribution < 1.29 is 4.74 Å². The van der Waals surface area contributed by atoms with Gasteiger partial charge in [-0.15, -0.1) is 11.6 Å². The van der Waals surface area contributed by atoms with Crippen LogP contribution in [0.25, 0.3) is 0 Å². The van der Waals surface area contributed by atoms with Crippen LogP contribution in [-0.4, -0.2) is 13.0 Å². The van der Waals surface area contributed by atoms with E-state index in [2.05, 4.69) is 17.9 Å². The highest BCUT2D eigenvalue weighted by Crippen LogP contribution is 2.18. The van der Waals surface area contributed by atoms with E-state index >= 15 is 0 Å². The summed E-state index contributed by atoms with van der Waals surface area (Å²) in [4.78, 5) is 0. The molecule has 1 aromatic carbocycles. The van der Waals surface area contributed by atoms with Gasteiger partial charge >= 0.3 is 0 Å². The second-order valence-electron chi connectivity index (χ2n) is 2.77. The Bertz CT molecular complexity index is 437. The maximum atomic E-state index is 8.74. The molecule has 1 aromatic rings. The Morgan fingerprint density at radius 2 is 2.27 bits per heavy atom. The average Bonchev–Trinajstić information content (AvgIpc) is 2.29. The minimum Gasteiger partial charge on any atom is -0.495 e. The fourth-order valence-corrected chi connectivity index (χ4v) is 1.17. The Morgan fingerprint density at radius 1 is 1.47 bits per heavy atom. The van der Waals surface area contributed by atoms with Crippen LogP contribution in [0.2, 0.25) is 0 Å². The summed E-state index contributed by atoms with van der Waals surface area (Å²) in [6, 6.07) is 7.21. The second kappa shape index (κ2) is 5.96. The quantitative estimate of drug-likeness (QED) is 0.566. The monoisotopic (exact) mass is 219 g/mol. The summed E-state index contributed by atoms with van der Waals surface area (Å²) < 4.78 is 5.13. The predicted molar refractivity (Wildman–Crippen MR) is 59.9 cm³/mol. The van der Waals surface area contributed by atoms with Gasteiger partial charge in [0.1, 0.15) is 5.75 Å². The minimum absolute atomic E-state index is 0.507. The Labute approximate surface area is 94.4 Å². The van der Waals surface area contributed by atoms with Crippen LogP contribution in [-0.2, 0) is 0 Å². The number of alkyl halides is 1. The van der Waals surface area contributed by atoms with Gasteiger partial charge in [0.2, 0.25) is 0 Å². The van der Waals surface area contributed by atoms with Crippen molar-refractivity contribution in [2.45, 2.75) is 6.42 Å². The highest BCUT2D eigenvalue weighted by molar-refractivity contribution is 6.18. The third-order valence-corrected chi connectivity index (χ3v) is 1.96. The van der Waals surface area contributed by atoms with E-state index in [0.29, 0.717) is 23.6 Å². The van der Waals surface area contributed by atoms with Crippen LogP contribution in [0.1, 0.15) is 17.5 Å². The number of rotatable bonds is 2. The van der Waals surface area contributed by atoms with E-state index in [4.69, 9.17) is 21.6 Å². The van der Waals surface area contributed by atoms with Gasteiger partial charge in [-0.05, 0) is 18.2 Å². The van der Waals surface area contributed by atoms with Gasteiger partial charge in [0.25, 0.3) is 0 Å². The molecule has 0 aliphatic heterocycles. The molecule has 0 atom stereocenters. The average molecular weight is 220 g/mol. The summed E-state index contributed by atoms with van der Waals surface area (Å²) >= 11 is 5.51. The third-order valence-electron chi connectivity index (χ3n) is 1.77. The Kier molecular flexibility index (Phi) is 4.54. The summed E-state index contributed by atoms with van der Waals surface area (Å²) in [6.45, 7) is 0. The van der Waals surface area contributed by atoms with Gasteiger partial charge in [-0.25, -0.2) is 0 Å². The van der Waals surface area contributed by atoms with Crippen molar-refractivity contribution in [1.82, 2.24) is 0 Å². The molecular formula is C12H10ClNO. The van der Waals surface area contributed by atoms with Gasteiger partial charge in [-0.3, -0.25) is 0 Å². The lowest BCUT2D eigenvalue weighted by atomic mass is 10.1. The molecule has 0 unspecified atom stereocenters. The molecule has 0 amide bonds. The lowest BCUT2D eigenvalue weighted by Gasteiger charge is -2.02. The number of nitriles is 1. The molecule has 2 nitrogen and oxygen atoms in total. The van der Waals surface area contributed by atoms with Gasteiger partial charge < -0.3 is 4.74 Å². The Hall–Kier alpha value is -1.64. The van der Waals surface area contributed by atoms with E-state index in [1.165, 1.54) is 0 Å². The number of halogens is 1. The summed E-state index contributed by atoms with van der Waals surface area (Å²) in [5.74, 6) is 7.02. The zero-order valence-corrected chi connectivity index (χ0v) is 9.14. The maximum Gasteiger partial charge on any atom is 0.134 e.